The number of carboxylic acids is 1. The van der Waals surface area contributed by atoms with Crippen molar-refractivity contribution in [2.24, 2.45) is 5.92 Å². The minimum atomic E-state index is -1.05. The number of carbonyl (C=O) groups is 2. The lowest BCUT2D eigenvalue weighted by Crippen LogP contribution is -2.45. The van der Waals surface area contributed by atoms with Crippen LogP contribution in [0, 0.1) is 5.92 Å². The number of rotatable bonds is 5. The minimum absolute atomic E-state index is 0.146. The van der Waals surface area contributed by atoms with Gasteiger partial charge in [0.2, 0.25) is 0 Å². The van der Waals surface area contributed by atoms with Crippen LogP contribution in [0.1, 0.15) is 36.0 Å². The highest BCUT2D eigenvalue weighted by molar-refractivity contribution is 5.94. The van der Waals surface area contributed by atoms with Crippen molar-refractivity contribution in [2.75, 3.05) is 13.2 Å². The summed E-state index contributed by atoms with van der Waals surface area (Å²) in [5.41, 5.74) is 0.480. The van der Waals surface area contributed by atoms with Gasteiger partial charge in [-0.15, -0.1) is 0 Å². The van der Waals surface area contributed by atoms with Crippen LogP contribution < -0.4 is 10.1 Å². The molecule has 1 aliphatic heterocycles. The first kappa shape index (κ1) is 15.8. The Labute approximate surface area is 134 Å². The summed E-state index contributed by atoms with van der Waals surface area (Å²) in [6.45, 7) is 0.356. The number of fused-ring (bicyclic) bond motifs is 1. The molecule has 0 aromatic heterocycles. The molecule has 6 nitrogen and oxygen atoms in total. The van der Waals surface area contributed by atoms with Gasteiger partial charge >= 0.3 is 5.97 Å². The van der Waals surface area contributed by atoms with Gasteiger partial charge in [-0.25, -0.2) is 4.79 Å². The van der Waals surface area contributed by atoms with E-state index < -0.39 is 12.6 Å². The molecule has 124 valence electrons. The van der Waals surface area contributed by atoms with E-state index in [4.69, 9.17) is 14.6 Å². The SMILES string of the molecule is O=C(O)COc1cccc(C(=O)NC2CCCC3OCCC23)c1. The fourth-order valence-electron chi connectivity index (χ4n) is 3.48. The zero-order valence-electron chi connectivity index (χ0n) is 12.9. The van der Waals surface area contributed by atoms with Crippen LogP contribution in [0.4, 0.5) is 0 Å². The van der Waals surface area contributed by atoms with Crippen LogP contribution in [-0.4, -0.2) is 42.3 Å². The molecule has 1 aliphatic carbocycles. The van der Waals surface area contributed by atoms with Gasteiger partial charge in [0.15, 0.2) is 6.61 Å². The quantitative estimate of drug-likeness (QED) is 0.865. The second kappa shape index (κ2) is 7.00. The third kappa shape index (κ3) is 3.82. The van der Waals surface area contributed by atoms with E-state index in [1.165, 1.54) is 0 Å². The number of amides is 1. The molecule has 2 fully saturated rings. The van der Waals surface area contributed by atoms with Crippen LogP contribution in [0.3, 0.4) is 0 Å². The maximum atomic E-state index is 12.5. The highest BCUT2D eigenvalue weighted by Crippen LogP contribution is 2.34. The molecule has 1 saturated heterocycles. The largest absolute Gasteiger partial charge is 0.482 e. The lowest BCUT2D eigenvalue weighted by molar-refractivity contribution is -0.139. The number of ether oxygens (including phenoxy) is 2. The predicted molar refractivity (Wildman–Crippen MR) is 82.5 cm³/mol. The van der Waals surface area contributed by atoms with Crippen molar-refractivity contribution in [1.82, 2.24) is 5.32 Å². The van der Waals surface area contributed by atoms with Gasteiger partial charge in [0.05, 0.1) is 6.10 Å². The van der Waals surface area contributed by atoms with E-state index >= 15 is 0 Å². The lowest BCUT2D eigenvalue weighted by Gasteiger charge is -2.33. The standard InChI is InChI=1S/C17H21NO5/c19-16(20)10-23-12-4-1-3-11(9-12)17(21)18-14-5-2-6-15-13(14)7-8-22-15/h1,3-4,9,13-15H,2,5-8,10H2,(H,18,21)(H,19,20). The normalized spacial score (nSPS) is 26.3. The molecule has 0 bridgehead atoms. The van der Waals surface area contributed by atoms with Crippen LogP contribution in [0.2, 0.25) is 0 Å². The van der Waals surface area contributed by atoms with E-state index in [0.29, 0.717) is 17.2 Å². The fourth-order valence-corrected chi connectivity index (χ4v) is 3.48. The Bertz CT molecular complexity index is 588. The van der Waals surface area contributed by atoms with Crippen LogP contribution in [-0.2, 0) is 9.53 Å². The van der Waals surface area contributed by atoms with Crippen molar-refractivity contribution in [3.05, 3.63) is 29.8 Å². The first-order chi connectivity index (χ1) is 11.1. The number of benzene rings is 1. The maximum absolute atomic E-state index is 12.5. The van der Waals surface area contributed by atoms with Crippen molar-refractivity contribution in [3.8, 4) is 5.75 Å². The molecule has 3 rings (SSSR count). The molecule has 2 N–H and O–H groups in total. The second-order valence-electron chi connectivity index (χ2n) is 6.08. The van der Waals surface area contributed by atoms with Crippen molar-refractivity contribution in [2.45, 2.75) is 37.8 Å². The highest BCUT2D eigenvalue weighted by Gasteiger charge is 2.38. The van der Waals surface area contributed by atoms with E-state index in [2.05, 4.69) is 5.32 Å². The Morgan fingerprint density at radius 1 is 1.30 bits per heavy atom. The third-order valence-electron chi connectivity index (χ3n) is 4.56. The zero-order valence-corrected chi connectivity index (χ0v) is 12.9. The first-order valence-corrected chi connectivity index (χ1v) is 8.00. The summed E-state index contributed by atoms with van der Waals surface area (Å²) >= 11 is 0. The monoisotopic (exact) mass is 319 g/mol. The number of nitrogens with one attached hydrogen (secondary N) is 1. The topological polar surface area (TPSA) is 84.9 Å². The molecule has 2 aliphatic rings. The van der Waals surface area contributed by atoms with Crippen LogP contribution >= 0.6 is 0 Å². The van der Waals surface area contributed by atoms with E-state index in [-0.39, 0.29) is 18.1 Å². The highest BCUT2D eigenvalue weighted by atomic mass is 16.5. The van der Waals surface area contributed by atoms with E-state index in [0.717, 1.165) is 32.3 Å². The molecular formula is C17H21NO5. The van der Waals surface area contributed by atoms with Gasteiger partial charge in [-0.05, 0) is 43.9 Å². The molecule has 1 heterocycles. The third-order valence-corrected chi connectivity index (χ3v) is 4.56. The van der Waals surface area contributed by atoms with Crippen molar-refractivity contribution in [3.63, 3.8) is 0 Å². The summed E-state index contributed by atoms with van der Waals surface area (Å²) in [7, 11) is 0. The summed E-state index contributed by atoms with van der Waals surface area (Å²) < 4.78 is 10.8. The Morgan fingerprint density at radius 3 is 3.00 bits per heavy atom. The number of aliphatic carboxylic acids is 1. The van der Waals surface area contributed by atoms with E-state index in [1.54, 1.807) is 24.3 Å². The molecule has 0 spiro atoms. The Balaban J connectivity index is 1.63. The molecule has 3 atom stereocenters. The molecule has 3 unspecified atom stereocenters. The Hall–Kier alpha value is -2.08. The van der Waals surface area contributed by atoms with Gasteiger partial charge in [0, 0.05) is 24.1 Å². The summed E-state index contributed by atoms with van der Waals surface area (Å²) in [6, 6.07) is 6.75. The number of hydrogen-bond acceptors (Lipinski definition) is 4. The number of carboxylic acid groups (broad SMARTS) is 1. The molecule has 1 amide bonds. The maximum Gasteiger partial charge on any atom is 0.341 e. The summed E-state index contributed by atoms with van der Waals surface area (Å²) in [5.74, 6) is -0.414. The number of carbonyl (C=O) groups excluding carboxylic acids is 1. The van der Waals surface area contributed by atoms with Crippen LogP contribution in [0.15, 0.2) is 24.3 Å². The van der Waals surface area contributed by atoms with Crippen LogP contribution in [0.5, 0.6) is 5.75 Å². The molecule has 6 heteroatoms. The summed E-state index contributed by atoms with van der Waals surface area (Å²) in [6.07, 6.45) is 4.39. The molecule has 1 aromatic rings. The molecule has 1 aromatic carbocycles. The van der Waals surface area contributed by atoms with Gasteiger partial charge < -0.3 is 19.9 Å². The van der Waals surface area contributed by atoms with Crippen LogP contribution in [0.25, 0.3) is 0 Å². The fraction of sp³-hybridized carbons (Fsp3) is 0.529. The average Bonchev–Trinajstić information content (AvgIpc) is 3.03. The summed E-state index contributed by atoms with van der Waals surface area (Å²) in [4.78, 5) is 23.0. The van der Waals surface area contributed by atoms with Gasteiger partial charge in [0.25, 0.3) is 5.91 Å². The predicted octanol–water partition coefficient (Wildman–Crippen LogP) is 1.84. The first-order valence-electron chi connectivity index (χ1n) is 8.00. The Kier molecular flexibility index (Phi) is 4.81. The van der Waals surface area contributed by atoms with Gasteiger partial charge in [-0.1, -0.05) is 6.07 Å². The van der Waals surface area contributed by atoms with Gasteiger partial charge in [-0.2, -0.15) is 0 Å². The second-order valence-corrected chi connectivity index (χ2v) is 6.08. The lowest BCUT2D eigenvalue weighted by atomic mass is 9.81. The Morgan fingerprint density at radius 2 is 2.17 bits per heavy atom. The minimum Gasteiger partial charge on any atom is -0.482 e. The van der Waals surface area contributed by atoms with Gasteiger partial charge in [-0.3, -0.25) is 4.79 Å². The molecule has 1 saturated carbocycles. The van der Waals surface area contributed by atoms with Crippen molar-refractivity contribution < 1.29 is 24.2 Å². The molecular weight excluding hydrogens is 298 g/mol. The average molecular weight is 319 g/mol. The van der Waals surface area contributed by atoms with Crippen molar-refractivity contribution in [1.29, 1.82) is 0 Å². The van der Waals surface area contributed by atoms with E-state index in [9.17, 15) is 9.59 Å². The molecule has 0 radical (unpaired) electrons. The van der Waals surface area contributed by atoms with E-state index in [1.807, 2.05) is 0 Å². The smallest absolute Gasteiger partial charge is 0.341 e. The summed E-state index contributed by atoms with van der Waals surface area (Å²) in [5, 5.41) is 11.7. The van der Waals surface area contributed by atoms with Gasteiger partial charge in [0.1, 0.15) is 5.75 Å². The molecule has 23 heavy (non-hydrogen) atoms. The van der Waals surface area contributed by atoms with Crippen molar-refractivity contribution >= 4 is 11.9 Å². The number of hydrogen-bond donors (Lipinski definition) is 2. The zero-order chi connectivity index (χ0) is 16.2.